The molecule has 4 heteroatoms. The molecule has 1 fully saturated rings. The number of benzene rings is 1. The van der Waals surface area contributed by atoms with Gasteiger partial charge < -0.3 is 5.32 Å². The van der Waals surface area contributed by atoms with Crippen LogP contribution in [0.15, 0.2) is 30.3 Å². The van der Waals surface area contributed by atoms with Crippen LogP contribution in [0.4, 0.5) is 4.79 Å². The van der Waals surface area contributed by atoms with Gasteiger partial charge in [-0.05, 0) is 12.5 Å². The molecular formula is C11H12N2O2. The average Bonchev–Trinajstić information content (AvgIpc) is 2.17. The van der Waals surface area contributed by atoms with Gasteiger partial charge >= 0.3 is 6.03 Å². The van der Waals surface area contributed by atoms with Gasteiger partial charge in [0, 0.05) is 0 Å². The van der Waals surface area contributed by atoms with E-state index in [0.29, 0.717) is 0 Å². The molecule has 1 heterocycles. The van der Waals surface area contributed by atoms with Crippen molar-refractivity contribution >= 4 is 11.9 Å². The van der Waals surface area contributed by atoms with Crippen molar-refractivity contribution in [3.8, 4) is 0 Å². The van der Waals surface area contributed by atoms with Crippen molar-refractivity contribution in [2.24, 2.45) is 0 Å². The third kappa shape index (κ3) is 1.83. The van der Waals surface area contributed by atoms with Crippen molar-refractivity contribution in [1.29, 1.82) is 0 Å². The maximum Gasteiger partial charge on any atom is 0.322 e. The highest BCUT2D eigenvalue weighted by atomic mass is 16.2. The zero-order chi connectivity index (χ0) is 10.9. The van der Waals surface area contributed by atoms with Crippen molar-refractivity contribution < 1.29 is 9.59 Å². The molecule has 1 aromatic carbocycles. The molecular weight excluding hydrogens is 192 g/mol. The largest absolute Gasteiger partial charge is 0.328 e. The number of imide groups is 1. The van der Waals surface area contributed by atoms with Crippen LogP contribution in [0.5, 0.6) is 0 Å². The molecule has 2 N–H and O–H groups in total. The lowest BCUT2D eigenvalue weighted by atomic mass is 9.87. The topological polar surface area (TPSA) is 58.2 Å². The summed E-state index contributed by atoms with van der Waals surface area (Å²) >= 11 is 0. The lowest BCUT2D eigenvalue weighted by Crippen LogP contribution is -2.57. The van der Waals surface area contributed by atoms with Crippen molar-refractivity contribution in [3.05, 3.63) is 35.9 Å². The van der Waals surface area contributed by atoms with Crippen LogP contribution in [0.2, 0.25) is 0 Å². The minimum atomic E-state index is -0.597. The molecule has 15 heavy (non-hydrogen) atoms. The van der Waals surface area contributed by atoms with Gasteiger partial charge in [-0.1, -0.05) is 30.3 Å². The smallest absolute Gasteiger partial charge is 0.322 e. The van der Waals surface area contributed by atoms with Gasteiger partial charge in [0.2, 0.25) is 5.91 Å². The highest BCUT2D eigenvalue weighted by Crippen LogP contribution is 2.26. The molecule has 1 unspecified atom stereocenters. The fourth-order valence-electron chi connectivity index (χ4n) is 1.80. The van der Waals surface area contributed by atoms with Crippen LogP contribution in [-0.2, 0) is 10.3 Å². The molecule has 1 aromatic rings. The Bertz CT molecular complexity index is 384. The Hall–Kier alpha value is -1.84. The van der Waals surface area contributed by atoms with E-state index < -0.39 is 11.6 Å². The first-order valence-electron chi connectivity index (χ1n) is 4.78. The normalized spacial score (nSPS) is 25.7. The van der Waals surface area contributed by atoms with Crippen LogP contribution in [-0.4, -0.2) is 11.9 Å². The summed E-state index contributed by atoms with van der Waals surface area (Å²) in [5.41, 5.74) is 0.342. The van der Waals surface area contributed by atoms with Crippen LogP contribution in [0, 0.1) is 0 Å². The summed E-state index contributed by atoms with van der Waals surface area (Å²) in [6.45, 7) is 1.85. The van der Waals surface area contributed by atoms with E-state index in [-0.39, 0.29) is 12.3 Å². The Morgan fingerprint density at radius 2 is 1.87 bits per heavy atom. The number of rotatable bonds is 1. The number of carbonyl (C=O) groups is 2. The zero-order valence-electron chi connectivity index (χ0n) is 8.41. The molecule has 0 bridgehead atoms. The molecule has 78 valence electrons. The van der Waals surface area contributed by atoms with Crippen molar-refractivity contribution in [2.75, 3.05) is 0 Å². The molecule has 1 aliphatic rings. The van der Waals surface area contributed by atoms with Gasteiger partial charge in [-0.3, -0.25) is 10.1 Å². The van der Waals surface area contributed by atoms with Crippen molar-refractivity contribution in [1.82, 2.24) is 10.6 Å². The van der Waals surface area contributed by atoms with Gasteiger partial charge in [0.25, 0.3) is 0 Å². The first-order valence-corrected chi connectivity index (χ1v) is 4.78. The number of nitrogens with one attached hydrogen (secondary N) is 2. The summed E-state index contributed by atoms with van der Waals surface area (Å²) < 4.78 is 0. The SMILES string of the molecule is CC1(c2ccccc2)CC(=O)NC(=O)N1. The molecule has 0 spiro atoms. The molecule has 0 radical (unpaired) electrons. The third-order valence-electron chi connectivity index (χ3n) is 2.57. The second kappa shape index (κ2) is 3.38. The monoisotopic (exact) mass is 204 g/mol. The van der Waals surface area contributed by atoms with E-state index in [4.69, 9.17) is 0 Å². The third-order valence-corrected chi connectivity index (χ3v) is 2.57. The van der Waals surface area contributed by atoms with Crippen molar-refractivity contribution in [2.45, 2.75) is 18.9 Å². The predicted octanol–water partition coefficient (Wildman–Crippen LogP) is 1.13. The Balaban J connectivity index is 2.34. The number of urea groups is 1. The Kier molecular flexibility index (Phi) is 2.19. The number of carbonyl (C=O) groups excluding carboxylic acids is 2. The molecule has 3 amide bonds. The maximum absolute atomic E-state index is 11.3. The van der Waals surface area contributed by atoms with E-state index in [1.165, 1.54) is 0 Å². The van der Waals surface area contributed by atoms with E-state index in [9.17, 15) is 9.59 Å². The summed E-state index contributed by atoms with van der Waals surface area (Å²) in [6, 6.07) is 9.05. The molecule has 0 saturated carbocycles. The van der Waals surface area contributed by atoms with Gasteiger partial charge in [-0.2, -0.15) is 0 Å². The minimum Gasteiger partial charge on any atom is -0.328 e. The molecule has 1 atom stereocenters. The quantitative estimate of drug-likeness (QED) is 0.720. The molecule has 0 aromatic heterocycles. The Labute approximate surface area is 87.7 Å². The molecule has 1 saturated heterocycles. The number of hydrogen-bond acceptors (Lipinski definition) is 2. The summed E-state index contributed by atoms with van der Waals surface area (Å²) in [7, 11) is 0. The molecule has 0 aliphatic carbocycles. The second-order valence-corrected chi connectivity index (χ2v) is 3.88. The Morgan fingerprint density at radius 1 is 1.20 bits per heavy atom. The highest BCUT2D eigenvalue weighted by Gasteiger charge is 2.35. The fourth-order valence-corrected chi connectivity index (χ4v) is 1.80. The van der Waals surface area contributed by atoms with Crippen molar-refractivity contribution in [3.63, 3.8) is 0 Å². The van der Waals surface area contributed by atoms with E-state index in [0.717, 1.165) is 5.56 Å². The van der Waals surface area contributed by atoms with Crippen LogP contribution in [0.1, 0.15) is 18.9 Å². The lowest BCUT2D eigenvalue weighted by Gasteiger charge is -2.34. The predicted molar refractivity (Wildman–Crippen MR) is 55.1 cm³/mol. The first kappa shape index (κ1) is 9.71. The molecule has 1 aliphatic heterocycles. The zero-order valence-corrected chi connectivity index (χ0v) is 8.41. The first-order chi connectivity index (χ1) is 7.10. The second-order valence-electron chi connectivity index (χ2n) is 3.88. The van der Waals surface area contributed by atoms with Crippen LogP contribution in [0.3, 0.4) is 0 Å². The van der Waals surface area contributed by atoms with Gasteiger partial charge in [-0.25, -0.2) is 4.79 Å². The number of hydrogen-bond donors (Lipinski definition) is 2. The summed E-state index contributed by atoms with van der Waals surface area (Å²) in [4.78, 5) is 22.5. The summed E-state index contributed by atoms with van der Waals surface area (Å²) in [5.74, 6) is -0.245. The summed E-state index contributed by atoms with van der Waals surface area (Å²) in [6.07, 6.45) is 0.267. The fraction of sp³-hybridized carbons (Fsp3) is 0.273. The number of amides is 3. The van der Waals surface area contributed by atoms with E-state index in [1.54, 1.807) is 0 Å². The summed E-state index contributed by atoms with van der Waals surface area (Å²) in [5, 5.41) is 4.98. The van der Waals surface area contributed by atoms with Gasteiger partial charge in [0.15, 0.2) is 0 Å². The minimum absolute atomic E-state index is 0.245. The van der Waals surface area contributed by atoms with E-state index in [1.807, 2.05) is 37.3 Å². The maximum atomic E-state index is 11.3. The van der Waals surface area contributed by atoms with Gasteiger partial charge in [0.1, 0.15) is 0 Å². The Morgan fingerprint density at radius 3 is 2.47 bits per heavy atom. The molecule has 4 nitrogen and oxygen atoms in total. The van der Waals surface area contributed by atoms with E-state index in [2.05, 4.69) is 10.6 Å². The molecule has 2 rings (SSSR count). The van der Waals surface area contributed by atoms with Crippen LogP contribution in [0.25, 0.3) is 0 Å². The average molecular weight is 204 g/mol. The van der Waals surface area contributed by atoms with Crippen LogP contribution < -0.4 is 10.6 Å². The van der Waals surface area contributed by atoms with E-state index >= 15 is 0 Å². The lowest BCUT2D eigenvalue weighted by molar-refractivity contribution is -0.122. The van der Waals surface area contributed by atoms with Crippen LogP contribution >= 0.6 is 0 Å². The highest BCUT2D eigenvalue weighted by molar-refractivity contribution is 5.98. The standard InChI is InChI=1S/C11H12N2O2/c1-11(8-5-3-2-4-6-8)7-9(14)12-10(15)13-11/h2-6H,7H2,1H3,(H2,12,13,14,15). The van der Waals surface area contributed by atoms with Gasteiger partial charge in [-0.15, -0.1) is 0 Å². The van der Waals surface area contributed by atoms with Gasteiger partial charge in [0.05, 0.1) is 12.0 Å².